The molecule has 2 aromatic rings. The maximum Gasteiger partial charge on any atom is 0.416 e. The number of ketones is 1. The SMILES string of the molecule is O=C(Cc1ccc(C(F)(F)F)cc1)CC(Cc1ccccc1)C(=O)O. The summed E-state index contributed by atoms with van der Waals surface area (Å²) in [6, 6.07) is 13.3. The van der Waals surface area contributed by atoms with Crippen LogP contribution in [0.3, 0.4) is 0 Å². The number of benzene rings is 2. The number of halogens is 3. The fourth-order valence-corrected chi connectivity index (χ4v) is 2.53. The highest BCUT2D eigenvalue weighted by atomic mass is 19.4. The van der Waals surface area contributed by atoms with Crippen LogP contribution in [-0.4, -0.2) is 16.9 Å². The van der Waals surface area contributed by atoms with Crippen molar-refractivity contribution in [1.82, 2.24) is 0 Å². The summed E-state index contributed by atoms with van der Waals surface area (Å²) in [7, 11) is 0. The molecule has 2 rings (SSSR count). The molecule has 2 aromatic carbocycles. The van der Waals surface area contributed by atoms with Crippen LogP contribution >= 0.6 is 0 Å². The van der Waals surface area contributed by atoms with Gasteiger partial charge in [0.1, 0.15) is 5.78 Å². The quantitative estimate of drug-likeness (QED) is 0.816. The molecule has 0 aliphatic carbocycles. The van der Waals surface area contributed by atoms with Crippen molar-refractivity contribution < 1.29 is 27.9 Å². The average molecular weight is 350 g/mol. The van der Waals surface area contributed by atoms with E-state index in [0.717, 1.165) is 17.7 Å². The Balaban J connectivity index is 1.98. The zero-order valence-corrected chi connectivity index (χ0v) is 13.3. The fourth-order valence-electron chi connectivity index (χ4n) is 2.53. The van der Waals surface area contributed by atoms with Gasteiger partial charge >= 0.3 is 12.1 Å². The molecule has 0 spiro atoms. The molecule has 0 aliphatic heterocycles. The molecule has 1 atom stereocenters. The summed E-state index contributed by atoms with van der Waals surface area (Å²) in [5.74, 6) is -2.24. The molecule has 0 aromatic heterocycles. The van der Waals surface area contributed by atoms with E-state index in [9.17, 15) is 27.9 Å². The summed E-state index contributed by atoms with van der Waals surface area (Å²) >= 11 is 0. The Morgan fingerprint density at radius 3 is 2.04 bits per heavy atom. The van der Waals surface area contributed by atoms with Crippen molar-refractivity contribution in [3.8, 4) is 0 Å². The van der Waals surface area contributed by atoms with Crippen molar-refractivity contribution >= 4 is 11.8 Å². The molecule has 0 fully saturated rings. The Bertz CT molecular complexity index is 722. The van der Waals surface area contributed by atoms with E-state index in [1.54, 1.807) is 24.3 Å². The number of aliphatic carboxylic acids is 1. The summed E-state index contributed by atoms with van der Waals surface area (Å²) in [4.78, 5) is 23.5. The van der Waals surface area contributed by atoms with Crippen molar-refractivity contribution in [1.29, 1.82) is 0 Å². The third-order valence-electron chi connectivity index (χ3n) is 3.83. The van der Waals surface area contributed by atoms with Gasteiger partial charge in [0.2, 0.25) is 0 Å². The van der Waals surface area contributed by atoms with E-state index in [0.29, 0.717) is 5.56 Å². The Kier molecular flexibility index (Phi) is 5.96. The Labute approximate surface area is 143 Å². The van der Waals surface area contributed by atoms with Gasteiger partial charge in [-0.05, 0) is 29.7 Å². The van der Waals surface area contributed by atoms with Gasteiger partial charge in [0.05, 0.1) is 11.5 Å². The summed E-state index contributed by atoms with van der Waals surface area (Å²) in [5, 5.41) is 9.30. The van der Waals surface area contributed by atoms with Crippen LogP contribution in [0.2, 0.25) is 0 Å². The number of alkyl halides is 3. The van der Waals surface area contributed by atoms with E-state index in [-0.39, 0.29) is 25.0 Å². The molecule has 0 aliphatic rings. The van der Waals surface area contributed by atoms with Gasteiger partial charge in [-0.15, -0.1) is 0 Å². The van der Waals surface area contributed by atoms with Crippen molar-refractivity contribution in [3.05, 3.63) is 71.3 Å². The molecule has 25 heavy (non-hydrogen) atoms. The van der Waals surface area contributed by atoms with E-state index in [4.69, 9.17) is 0 Å². The lowest BCUT2D eigenvalue weighted by atomic mass is 9.92. The Morgan fingerprint density at radius 1 is 0.920 bits per heavy atom. The highest BCUT2D eigenvalue weighted by Crippen LogP contribution is 2.29. The topological polar surface area (TPSA) is 54.4 Å². The van der Waals surface area contributed by atoms with Gasteiger partial charge in [0, 0.05) is 12.8 Å². The molecule has 0 radical (unpaired) electrons. The molecule has 1 N–H and O–H groups in total. The molecule has 132 valence electrons. The van der Waals surface area contributed by atoms with Gasteiger partial charge in [0.25, 0.3) is 0 Å². The second kappa shape index (κ2) is 7.96. The standard InChI is InChI=1S/C19H17F3O3/c20-19(21,22)16-8-6-14(7-9-16)11-17(23)12-15(18(24)25)10-13-4-2-1-3-5-13/h1-9,15H,10-12H2,(H,24,25). The summed E-state index contributed by atoms with van der Waals surface area (Å²) in [6.45, 7) is 0. The number of carboxylic acid groups (broad SMARTS) is 1. The first-order chi connectivity index (χ1) is 11.8. The third kappa shape index (κ3) is 5.74. The van der Waals surface area contributed by atoms with Crippen LogP contribution in [-0.2, 0) is 28.6 Å². The number of rotatable bonds is 7. The predicted octanol–water partition coefficient (Wildman–Crippen LogP) is 4.15. The van der Waals surface area contributed by atoms with Crippen molar-refractivity contribution in [2.75, 3.05) is 0 Å². The molecular weight excluding hydrogens is 333 g/mol. The number of Topliss-reactive ketones (excluding diaryl/α,β-unsaturated/α-hetero) is 1. The molecule has 3 nitrogen and oxygen atoms in total. The van der Waals surface area contributed by atoms with Gasteiger partial charge in [-0.3, -0.25) is 9.59 Å². The van der Waals surface area contributed by atoms with Gasteiger partial charge < -0.3 is 5.11 Å². The van der Waals surface area contributed by atoms with Crippen molar-refractivity contribution in [3.63, 3.8) is 0 Å². The minimum atomic E-state index is -4.42. The highest BCUT2D eigenvalue weighted by molar-refractivity contribution is 5.85. The van der Waals surface area contributed by atoms with Crippen LogP contribution in [0, 0.1) is 5.92 Å². The van der Waals surface area contributed by atoms with Crippen LogP contribution in [0.25, 0.3) is 0 Å². The van der Waals surface area contributed by atoms with Crippen LogP contribution in [0.1, 0.15) is 23.1 Å². The molecule has 0 heterocycles. The first kappa shape index (κ1) is 18.7. The minimum absolute atomic E-state index is 0.0866. The summed E-state index contributed by atoms with van der Waals surface area (Å²) < 4.78 is 37.6. The van der Waals surface area contributed by atoms with E-state index < -0.39 is 23.6 Å². The number of hydrogen-bond acceptors (Lipinski definition) is 2. The van der Waals surface area contributed by atoms with Crippen molar-refractivity contribution in [2.45, 2.75) is 25.4 Å². The maximum absolute atomic E-state index is 12.5. The second-order valence-electron chi connectivity index (χ2n) is 5.84. The Morgan fingerprint density at radius 2 is 1.52 bits per heavy atom. The average Bonchev–Trinajstić information content (AvgIpc) is 2.54. The number of hydrogen-bond donors (Lipinski definition) is 1. The van der Waals surface area contributed by atoms with E-state index in [2.05, 4.69) is 0 Å². The van der Waals surface area contributed by atoms with Crippen LogP contribution in [0.15, 0.2) is 54.6 Å². The molecule has 0 amide bonds. The maximum atomic E-state index is 12.5. The predicted molar refractivity (Wildman–Crippen MR) is 86.0 cm³/mol. The Hall–Kier alpha value is -2.63. The molecule has 0 saturated carbocycles. The molecular formula is C19H17F3O3. The number of carbonyl (C=O) groups excluding carboxylic acids is 1. The molecule has 6 heteroatoms. The monoisotopic (exact) mass is 350 g/mol. The number of carboxylic acids is 1. The minimum Gasteiger partial charge on any atom is -0.481 e. The van der Waals surface area contributed by atoms with Gasteiger partial charge in [-0.2, -0.15) is 13.2 Å². The second-order valence-corrected chi connectivity index (χ2v) is 5.84. The van der Waals surface area contributed by atoms with Gasteiger partial charge in [-0.1, -0.05) is 42.5 Å². The van der Waals surface area contributed by atoms with Crippen LogP contribution < -0.4 is 0 Å². The molecule has 1 unspecified atom stereocenters. The summed E-state index contributed by atoms with van der Waals surface area (Å²) in [5.41, 5.74) is 0.468. The molecule has 0 saturated heterocycles. The van der Waals surface area contributed by atoms with Gasteiger partial charge in [0.15, 0.2) is 0 Å². The van der Waals surface area contributed by atoms with Gasteiger partial charge in [-0.25, -0.2) is 0 Å². The van der Waals surface area contributed by atoms with E-state index >= 15 is 0 Å². The van der Waals surface area contributed by atoms with Crippen LogP contribution in [0.5, 0.6) is 0 Å². The lowest BCUT2D eigenvalue weighted by Crippen LogP contribution is -2.21. The zero-order chi connectivity index (χ0) is 18.4. The lowest BCUT2D eigenvalue weighted by molar-refractivity contribution is -0.143. The number of carbonyl (C=O) groups is 2. The largest absolute Gasteiger partial charge is 0.481 e. The normalized spacial score (nSPS) is 12.6. The summed E-state index contributed by atoms with van der Waals surface area (Å²) in [6.07, 6.45) is -4.44. The first-order valence-electron chi connectivity index (χ1n) is 7.70. The highest BCUT2D eigenvalue weighted by Gasteiger charge is 2.30. The molecule has 0 bridgehead atoms. The smallest absolute Gasteiger partial charge is 0.416 e. The zero-order valence-electron chi connectivity index (χ0n) is 13.3. The van der Waals surface area contributed by atoms with Crippen LogP contribution in [0.4, 0.5) is 13.2 Å². The van der Waals surface area contributed by atoms with E-state index in [1.165, 1.54) is 12.1 Å². The van der Waals surface area contributed by atoms with Crippen molar-refractivity contribution in [2.24, 2.45) is 5.92 Å². The van der Waals surface area contributed by atoms with E-state index in [1.807, 2.05) is 6.07 Å². The lowest BCUT2D eigenvalue weighted by Gasteiger charge is -2.12. The fraction of sp³-hybridized carbons (Fsp3) is 0.263. The third-order valence-corrected chi connectivity index (χ3v) is 3.83. The first-order valence-corrected chi connectivity index (χ1v) is 7.70.